The van der Waals surface area contributed by atoms with E-state index in [1.165, 1.54) is 37.7 Å². The SMILES string of the molecule is CCCCCCC(O)c1ccc(CCCC)cc1. The summed E-state index contributed by atoms with van der Waals surface area (Å²) in [6, 6.07) is 8.52. The molecule has 1 rings (SSSR count). The van der Waals surface area contributed by atoms with Crippen molar-refractivity contribution in [2.24, 2.45) is 0 Å². The van der Waals surface area contributed by atoms with Crippen molar-refractivity contribution < 1.29 is 5.11 Å². The average molecular weight is 248 g/mol. The van der Waals surface area contributed by atoms with Crippen LogP contribution in [0.1, 0.15) is 76.0 Å². The molecule has 0 aliphatic heterocycles. The lowest BCUT2D eigenvalue weighted by Crippen LogP contribution is -1.98. The van der Waals surface area contributed by atoms with E-state index < -0.39 is 0 Å². The molecule has 0 fully saturated rings. The smallest absolute Gasteiger partial charge is 0.0790 e. The van der Waals surface area contributed by atoms with E-state index in [4.69, 9.17) is 0 Å². The first-order valence-corrected chi connectivity index (χ1v) is 7.54. The number of hydrogen-bond donors (Lipinski definition) is 1. The van der Waals surface area contributed by atoms with Crippen molar-refractivity contribution in [3.8, 4) is 0 Å². The Morgan fingerprint density at radius 2 is 1.56 bits per heavy atom. The monoisotopic (exact) mass is 248 g/mol. The van der Waals surface area contributed by atoms with Gasteiger partial charge < -0.3 is 5.11 Å². The van der Waals surface area contributed by atoms with E-state index in [9.17, 15) is 5.11 Å². The normalized spacial score (nSPS) is 12.6. The first-order valence-electron chi connectivity index (χ1n) is 7.54. The average Bonchev–Trinajstić information content (AvgIpc) is 2.41. The predicted molar refractivity (Wildman–Crippen MR) is 78.8 cm³/mol. The van der Waals surface area contributed by atoms with Gasteiger partial charge in [-0.25, -0.2) is 0 Å². The summed E-state index contributed by atoms with van der Waals surface area (Å²) in [5, 5.41) is 10.1. The molecule has 1 N–H and O–H groups in total. The van der Waals surface area contributed by atoms with Crippen LogP contribution >= 0.6 is 0 Å². The van der Waals surface area contributed by atoms with Crippen molar-refractivity contribution in [1.29, 1.82) is 0 Å². The number of hydrogen-bond acceptors (Lipinski definition) is 1. The summed E-state index contributed by atoms with van der Waals surface area (Å²) in [7, 11) is 0. The molecule has 1 nitrogen and oxygen atoms in total. The topological polar surface area (TPSA) is 20.2 Å². The third-order valence-corrected chi connectivity index (χ3v) is 3.51. The number of benzene rings is 1. The molecule has 0 aliphatic carbocycles. The summed E-state index contributed by atoms with van der Waals surface area (Å²) < 4.78 is 0. The highest BCUT2D eigenvalue weighted by atomic mass is 16.3. The number of rotatable bonds is 9. The summed E-state index contributed by atoms with van der Waals surface area (Å²) in [5.41, 5.74) is 2.46. The molecule has 1 heteroatoms. The van der Waals surface area contributed by atoms with Crippen molar-refractivity contribution in [1.82, 2.24) is 0 Å². The Kier molecular flexibility index (Phi) is 7.75. The van der Waals surface area contributed by atoms with Gasteiger partial charge in [0.2, 0.25) is 0 Å². The molecule has 18 heavy (non-hydrogen) atoms. The second-order valence-electron chi connectivity index (χ2n) is 5.21. The van der Waals surface area contributed by atoms with Gasteiger partial charge in [-0.3, -0.25) is 0 Å². The van der Waals surface area contributed by atoms with E-state index in [0.29, 0.717) is 0 Å². The molecule has 0 radical (unpaired) electrons. The maximum atomic E-state index is 10.1. The first kappa shape index (κ1) is 15.2. The van der Waals surface area contributed by atoms with Crippen LogP contribution in [0, 0.1) is 0 Å². The zero-order valence-electron chi connectivity index (χ0n) is 12.0. The molecule has 1 aromatic carbocycles. The minimum Gasteiger partial charge on any atom is -0.388 e. The third kappa shape index (κ3) is 5.68. The Morgan fingerprint density at radius 1 is 0.889 bits per heavy atom. The Labute approximate surface area is 112 Å². The lowest BCUT2D eigenvalue weighted by molar-refractivity contribution is 0.163. The summed E-state index contributed by atoms with van der Waals surface area (Å²) in [5.74, 6) is 0. The van der Waals surface area contributed by atoms with Crippen molar-refractivity contribution in [3.05, 3.63) is 35.4 Å². The number of aryl methyl sites for hydroxylation is 1. The maximum Gasteiger partial charge on any atom is 0.0790 e. The number of aliphatic hydroxyl groups excluding tert-OH is 1. The first-order chi connectivity index (χ1) is 8.77. The molecule has 0 spiro atoms. The van der Waals surface area contributed by atoms with Crippen LogP contribution in [0.3, 0.4) is 0 Å². The molecule has 0 saturated carbocycles. The molecule has 1 aromatic rings. The molecule has 0 aliphatic rings. The number of aliphatic hydroxyl groups is 1. The third-order valence-electron chi connectivity index (χ3n) is 3.51. The van der Waals surface area contributed by atoms with Gasteiger partial charge in [0.25, 0.3) is 0 Å². The van der Waals surface area contributed by atoms with Crippen LogP contribution in [-0.2, 0) is 6.42 Å². The molecule has 102 valence electrons. The highest BCUT2D eigenvalue weighted by molar-refractivity contribution is 5.24. The van der Waals surface area contributed by atoms with Gasteiger partial charge in [0, 0.05) is 0 Å². The zero-order chi connectivity index (χ0) is 13.2. The van der Waals surface area contributed by atoms with Gasteiger partial charge in [0.15, 0.2) is 0 Å². The minimum atomic E-state index is -0.276. The van der Waals surface area contributed by atoms with Crippen LogP contribution < -0.4 is 0 Å². The molecule has 0 heterocycles. The summed E-state index contributed by atoms with van der Waals surface area (Å²) in [6.45, 7) is 4.43. The fourth-order valence-electron chi connectivity index (χ4n) is 2.22. The molecule has 1 unspecified atom stereocenters. The van der Waals surface area contributed by atoms with Crippen LogP contribution in [0.4, 0.5) is 0 Å². The summed E-state index contributed by atoms with van der Waals surface area (Å²) in [6.07, 6.45) is 9.17. The standard InChI is InChI=1S/C17H28O/c1-3-5-7-8-10-17(18)16-13-11-15(12-14-16)9-6-4-2/h11-14,17-18H,3-10H2,1-2H3. The van der Waals surface area contributed by atoms with E-state index in [0.717, 1.165) is 24.8 Å². The van der Waals surface area contributed by atoms with E-state index in [1.54, 1.807) is 0 Å². The van der Waals surface area contributed by atoms with E-state index in [2.05, 4.69) is 38.1 Å². The van der Waals surface area contributed by atoms with Crippen molar-refractivity contribution in [2.75, 3.05) is 0 Å². The van der Waals surface area contributed by atoms with Crippen LogP contribution in [0.5, 0.6) is 0 Å². The Balaban J connectivity index is 2.36. The lowest BCUT2D eigenvalue weighted by Gasteiger charge is -2.11. The van der Waals surface area contributed by atoms with E-state index in [-0.39, 0.29) is 6.10 Å². The molecule has 0 bridgehead atoms. The highest BCUT2D eigenvalue weighted by Crippen LogP contribution is 2.20. The van der Waals surface area contributed by atoms with Crippen molar-refractivity contribution in [3.63, 3.8) is 0 Å². The Hall–Kier alpha value is -0.820. The molecular weight excluding hydrogens is 220 g/mol. The molecule has 1 atom stereocenters. The quantitative estimate of drug-likeness (QED) is 0.607. The van der Waals surface area contributed by atoms with Crippen LogP contribution in [0.25, 0.3) is 0 Å². The molecule has 0 aromatic heterocycles. The Bertz CT molecular complexity index is 302. The second kappa shape index (κ2) is 9.16. The number of unbranched alkanes of at least 4 members (excludes halogenated alkanes) is 4. The van der Waals surface area contributed by atoms with Gasteiger partial charge in [-0.15, -0.1) is 0 Å². The van der Waals surface area contributed by atoms with Gasteiger partial charge in [0.05, 0.1) is 6.10 Å². The van der Waals surface area contributed by atoms with Crippen LogP contribution in [0.2, 0.25) is 0 Å². The van der Waals surface area contributed by atoms with Gasteiger partial charge in [-0.2, -0.15) is 0 Å². The van der Waals surface area contributed by atoms with Gasteiger partial charge >= 0.3 is 0 Å². The summed E-state index contributed by atoms with van der Waals surface area (Å²) in [4.78, 5) is 0. The minimum absolute atomic E-state index is 0.276. The lowest BCUT2D eigenvalue weighted by atomic mass is 10.00. The molecule has 0 amide bonds. The van der Waals surface area contributed by atoms with Gasteiger partial charge in [-0.1, -0.05) is 70.2 Å². The Morgan fingerprint density at radius 3 is 2.17 bits per heavy atom. The highest BCUT2D eigenvalue weighted by Gasteiger charge is 2.06. The molecule has 0 saturated heterocycles. The fraction of sp³-hybridized carbons (Fsp3) is 0.647. The maximum absolute atomic E-state index is 10.1. The summed E-state index contributed by atoms with van der Waals surface area (Å²) >= 11 is 0. The van der Waals surface area contributed by atoms with Crippen LogP contribution in [0.15, 0.2) is 24.3 Å². The molecular formula is C17H28O. The van der Waals surface area contributed by atoms with Gasteiger partial charge in [0.1, 0.15) is 0 Å². The van der Waals surface area contributed by atoms with Gasteiger partial charge in [-0.05, 0) is 30.4 Å². The van der Waals surface area contributed by atoms with Crippen molar-refractivity contribution >= 4 is 0 Å². The van der Waals surface area contributed by atoms with E-state index >= 15 is 0 Å². The van der Waals surface area contributed by atoms with Crippen LogP contribution in [-0.4, -0.2) is 5.11 Å². The largest absolute Gasteiger partial charge is 0.388 e. The second-order valence-corrected chi connectivity index (χ2v) is 5.21. The van der Waals surface area contributed by atoms with E-state index in [1.807, 2.05) is 0 Å². The van der Waals surface area contributed by atoms with Crippen molar-refractivity contribution in [2.45, 2.75) is 71.3 Å². The fourth-order valence-corrected chi connectivity index (χ4v) is 2.22. The zero-order valence-corrected chi connectivity index (χ0v) is 12.0. The predicted octanol–water partition coefficient (Wildman–Crippen LogP) is 5.03.